The number of rotatable bonds is 9. The molecule has 0 fully saturated rings. The van der Waals surface area contributed by atoms with E-state index >= 15 is 0 Å². The second kappa shape index (κ2) is 8.30. The van der Waals surface area contributed by atoms with Crippen molar-refractivity contribution in [3.8, 4) is 0 Å². The van der Waals surface area contributed by atoms with Crippen LogP contribution in [-0.4, -0.2) is 28.2 Å². The van der Waals surface area contributed by atoms with Crippen LogP contribution < -0.4 is 4.72 Å². The van der Waals surface area contributed by atoms with Crippen molar-refractivity contribution in [1.29, 1.82) is 0 Å². The van der Waals surface area contributed by atoms with Gasteiger partial charge in [-0.3, -0.25) is 0 Å². The predicted molar refractivity (Wildman–Crippen MR) is 76.7 cm³/mol. The lowest BCUT2D eigenvalue weighted by atomic mass is 10.2. The normalized spacial score (nSPS) is 11.7. The fourth-order valence-corrected chi connectivity index (χ4v) is 2.60. The summed E-state index contributed by atoms with van der Waals surface area (Å²) in [5.41, 5.74) is 1.04. The molecule has 0 unspecified atom stereocenters. The Morgan fingerprint density at radius 2 is 1.74 bits per heavy atom. The highest BCUT2D eigenvalue weighted by Gasteiger charge is 2.12. The van der Waals surface area contributed by atoms with Crippen molar-refractivity contribution in [3.63, 3.8) is 0 Å². The van der Waals surface area contributed by atoms with Crippen molar-refractivity contribution in [2.45, 2.75) is 38.0 Å². The summed E-state index contributed by atoms with van der Waals surface area (Å²) in [7, 11) is -3.38. The molecule has 1 rings (SSSR count). The minimum Gasteiger partial charge on any atom is -0.381 e. The van der Waals surface area contributed by atoms with Crippen LogP contribution in [0.2, 0.25) is 0 Å². The fraction of sp³-hybridized carbons (Fsp3) is 0.571. The van der Waals surface area contributed by atoms with Gasteiger partial charge in [0.25, 0.3) is 0 Å². The summed E-state index contributed by atoms with van der Waals surface area (Å²) >= 11 is 0. The Morgan fingerprint density at radius 1 is 1.11 bits per heavy atom. The van der Waals surface area contributed by atoms with Crippen molar-refractivity contribution < 1.29 is 13.2 Å². The Kier molecular flexibility index (Phi) is 7.05. The Bertz CT molecular complexity index is 454. The Hall–Kier alpha value is -0.910. The molecule has 4 nitrogen and oxygen atoms in total. The van der Waals surface area contributed by atoms with Gasteiger partial charge in [-0.05, 0) is 31.9 Å². The van der Waals surface area contributed by atoms with Gasteiger partial charge in [-0.2, -0.15) is 0 Å². The standard InChI is InChI=1S/C14H23NO3S/c1-3-4-11-18-12-5-10-15-19(16,17)14-8-6-13(2)7-9-14/h6-9,15H,3-5,10-12H2,1-2H3. The second-order valence-corrected chi connectivity index (χ2v) is 6.30. The van der Waals surface area contributed by atoms with Crippen molar-refractivity contribution in [2.75, 3.05) is 19.8 Å². The maximum atomic E-state index is 11.9. The molecule has 0 aromatic heterocycles. The number of hydrogen-bond acceptors (Lipinski definition) is 3. The molecule has 0 aliphatic rings. The molecule has 0 atom stereocenters. The number of nitrogens with one attached hydrogen (secondary N) is 1. The topological polar surface area (TPSA) is 55.4 Å². The molecule has 5 heteroatoms. The van der Waals surface area contributed by atoms with Crippen molar-refractivity contribution in [3.05, 3.63) is 29.8 Å². The van der Waals surface area contributed by atoms with Crippen molar-refractivity contribution >= 4 is 10.0 Å². The molecule has 0 spiro atoms. The largest absolute Gasteiger partial charge is 0.381 e. The fourth-order valence-electron chi connectivity index (χ4n) is 1.53. The predicted octanol–water partition coefficient (Wildman–Crippen LogP) is 2.48. The molecule has 0 heterocycles. The zero-order valence-corrected chi connectivity index (χ0v) is 12.5. The van der Waals surface area contributed by atoms with Crippen LogP contribution in [0.25, 0.3) is 0 Å². The first-order valence-electron chi connectivity index (χ1n) is 6.70. The van der Waals surface area contributed by atoms with Crippen LogP contribution in [0.4, 0.5) is 0 Å². The SMILES string of the molecule is CCCCOCCCNS(=O)(=O)c1ccc(C)cc1. The van der Waals surface area contributed by atoms with Crippen molar-refractivity contribution in [2.24, 2.45) is 0 Å². The second-order valence-electron chi connectivity index (χ2n) is 4.53. The first-order chi connectivity index (χ1) is 9.06. The smallest absolute Gasteiger partial charge is 0.240 e. The van der Waals surface area contributed by atoms with Gasteiger partial charge in [-0.1, -0.05) is 31.0 Å². The molecular formula is C14H23NO3S. The van der Waals surface area contributed by atoms with E-state index in [1.165, 1.54) is 0 Å². The van der Waals surface area contributed by atoms with Crippen LogP contribution in [0, 0.1) is 6.92 Å². The van der Waals surface area contributed by atoms with E-state index in [1.807, 2.05) is 6.92 Å². The zero-order chi connectivity index (χ0) is 14.1. The van der Waals surface area contributed by atoms with Crippen LogP contribution >= 0.6 is 0 Å². The summed E-state index contributed by atoms with van der Waals surface area (Å²) in [5.74, 6) is 0. The number of aryl methyl sites for hydroxylation is 1. The molecule has 0 aliphatic carbocycles. The van der Waals surface area contributed by atoms with Crippen LogP contribution in [-0.2, 0) is 14.8 Å². The molecule has 0 saturated carbocycles. The van der Waals surface area contributed by atoms with E-state index in [0.717, 1.165) is 25.0 Å². The van der Waals surface area contributed by atoms with E-state index in [-0.39, 0.29) is 0 Å². The molecular weight excluding hydrogens is 262 g/mol. The third-order valence-electron chi connectivity index (χ3n) is 2.73. The third-order valence-corrected chi connectivity index (χ3v) is 4.21. The van der Waals surface area contributed by atoms with Crippen LogP contribution in [0.5, 0.6) is 0 Å². The maximum Gasteiger partial charge on any atom is 0.240 e. The van der Waals surface area contributed by atoms with E-state index in [1.54, 1.807) is 24.3 Å². The minimum atomic E-state index is -3.38. The van der Waals surface area contributed by atoms with E-state index in [0.29, 0.717) is 24.5 Å². The summed E-state index contributed by atoms with van der Waals surface area (Å²) < 4.78 is 31.8. The lowest BCUT2D eigenvalue weighted by molar-refractivity contribution is 0.130. The molecule has 108 valence electrons. The zero-order valence-electron chi connectivity index (χ0n) is 11.7. The lowest BCUT2D eigenvalue weighted by Gasteiger charge is -2.07. The van der Waals surface area contributed by atoms with Gasteiger partial charge in [0.2, 0.25) is 10.0 Å². The number of hydrogen-bond donors (Lipinski definition) is 1. The molecule has 0 saturated heterocycles. The average molecular weight is 285 g/mol. The summed E-state index contributed by atoms with van der Waals surface area (Å²) in [4.78, 5) is 0.310. The lowest BCUT2D eigenvalue weighted by Crippen LogP contribution is -2.25. The van der Waals surface area contributed by atoms with E-state index < -0.39 is 10.0 Å². The average Bonchev–Trinajstić information content (AvgIpc) is 2.38. The molecule has 1 N–H and O–H groups in total. The van der Waals surface area contributed by atoms with Gasteiger partial charge < -0.3 is 4.74 Å². The van der Waals surface area contributed by atoms with Crippen LogP contribution in [0.15, 0.2) is 29.2 Å². The highest BCUT2D eigenvalue weighted by molar-refractivity contribution is 7.89. The van der Waals surface area contributed by atoms with E-state index in [4.69, 9.17) is 4.74 Å². The summed E-state index contributed by atoms with van der Waals surface area (Å²) in [5, 5.41) is 0. The molecule has 0 amide bonds. The monoisotopic (exact) mass is 285 g/mol. The van der Waals surface area contributed by atoms with Crippen molar-refractivity contribution in [1.82, 2.24) is 4.72 Å². The maximum absolute atomic E-state index is 11.9. The number of sulfonamides is 1. The van der Waals surface area contributed by atoms with Gasteiger partial charge in [-0.25, -0.2) is 13.1 Å². The number of benzene rings is 1. The quantitative estimate of drug-likeness (QED) is 0.709. The first-order valence-corrected chi connectivity index (χ1v) is 8.18. The summed E-state index contributed by atoms with van der Waals surface area (Å²) in [6, 6.07) is 6.83. The van der Waals surface area contributed by atoms with Gasteiger partial charge in [0.15, 0.2) is 0 Å². The van der Waals surface area contributed by atoms with Gasteiger partial charge >= 0.3 is 0 Å². The van der Waals surface area contributed by atoms with Gasteiger partial charge in [0.1, 0.15) is 0 Å². The first kappa shape index (κ1) is 16.1. The van der Waals surface area contributed by atoms with Crippen LogP contribution in [0.1, 0.15) is 31.7 Å². The highest BCUT2D eigenvalue weighted by atomic mass is 32.2. The molecule has 0 bridgehead atoms. The summed E-state index contributed by atoms with van der Waals surface area (Å²) in [6.07, 6.45) is 2.85. The number of unbranched alkanes of at least 4 members (excludes halogenated alkanes) is 1. The molecule has 19 heavy (non-hydrogen) atoms. The third kappa shape index (κ3) is 6.18. The molecule has 1 aromatic rings. The van der Waals surface area contributed by atoms with Gasteiger partial charge in [0.05, 0.1) is 4.90 Å². The van der Waals surface area contributed by atoms with Gasteiger partial charge in [-0.15, -0.1) is 0 Å². The van der Waals surface area contributed by atoms with Crippen LogP contribution in [0.3, 0.4) is 0 Å². The van der Waals surface area contributed by atoms with Gasteiger partial charge in [0, 0.05) is 19.8 Å². The Labute approximate surface area is 116 Å². The molecule has 0 radical (unpaired) electrons. The minimum absolute atomic E-state index is 0.310. The Morgan fingerprint density at radius 3 is 2.37 bits per heavy atom. The van der Waals surface area contributed by atoms with E-state index in [2.05, 4.69) is 11.6 Å². The number of ether oxygens (including phenoxy) is 1. The van der Waals surface area contributed by atoms with E-state index in [9.17, 15) is 8.42 Å². The molecule has 0 aliphatic heterocycles. The molecule has 1 aromatic carbocycles. The summed E-state index contributed by atoms with van der Waals surface area (Å²) in [6.45, 7) is 5.79. The Balaban J connectivity index is 2.29. The highest BCUT2D eigenvalue weighted by Crippen LogP contribution is 2.09.